The zero-order valence-corrected chi connectivity index (χ0v) is 9.94. The molecule has 0 atom stereocenters. The molecule has 3 heteroatoms. The molecular weight excluding hydrogens is 216 g/mol. The van der Waals surface area contributed by atoms with Gasteiger partial charge in [0.25, 0.3) is 0 Å². The molecule has 17 heavy (non-hydrogen) atoms. The van der Waals surface area contributed by atoms with E-state index in [0.29, 0.717) is 6.61 Å². The molecule has 0 aliphatic carbocycles. The van der Waals surface area contributed by atoms with E-state index in [2.05, 4.69) is 0 Å². The van der Waals surface area contributed by atoms with E-state index in [0.717, 1.165) is 30.6 Å². The third-order valence-electron chi connectivity index (χ3n) is 2.85. The van der Waals surface area contributed by atoms with E-state index in [1.807, 2.05) is 30.3 Å². The minimum atomic E-state index is -0.153. The van der Waals surface area contributed by atoms with E-state index in [1.165, 1.54) is 5.56 Å². The number of benzene rings is 1. The molecule has 1 aliphatic heterocycles. The number of carbonyl (C=O) groups is 1. The summed E-state index contributed by atoms with van der Waals surface area (Å²) in [5, 5.41) is 0. The van der Waals surface area contributed by atoms with Gasteiger partial charge in [-0.25, -0.2) is 4.79 Å². The van der Waals surface area contributed by atoms with E-state index in [4.69, 9.17) is 9.47 Å². The van der Waals surface area contributed by atoms with Crippen LogP contribution < -0.4 is 4.74 Å². The molecule has 0 amide bonds. The van der Waals surface area contributed by atoms with Gasteiger partial charge in [-0.15, -0.1) is 0 Å². The Labute approximate surface area is 101 Å². The molecule has 0 saturated carbocycles. The fraction of sp³-hybridized carbons (Fsp3) is 0.357. The number of hydrogen-bond acceptors (Lipinski definition) is 3. The van der Waals surface area contributed by atoms with Gasteiger partial charge in [-0.05, 0) is 30.5 Å². The Morgan fingerprint density at radius 2 is 2.12 bits per heavy atom. The van der Waals surface area contributed by atoms with E-state index in [1.54, 1.807) is 7.11 Å². The molecule has 0 unspecified atom stereocenters. The van der Waals surface area contributed by atoms with Crippen LogP contribution in [0.2, 0.25) is 0 Å². The van der Waals surface area contributed by atoms with Crippen molar-refractivity contribution in [2.45, 2.75) is 19.3 Å². The maximum Gasteiger partial charge on any atom is 0.333 e. The quantitative estimate of drug-likeness (QED) is 0.591. The van der Waals surface area contributed by atoms with Crippen LogP contribution in [0, 0.1) is 0 Å². The van der Waals surface area contributed by atoms with E-state index >= 15 is 0 Å². The Balaban J connectivity index is 1.87. The largest absolute Gasteiger partial charge is 0.497 e. The fourth-order valence-corrected chi connectivity index (χ4v) is 1.84. The van der Waals surface area contributed by atoms with Crippen LogP contribution in [0.4, 0.5) is 0 Å². The number of ether oxygens (including phenoxy) is 2. The summed E-state index contributed by atoms with van der Waals surface area (Å²) < 4.78 is 9.97. The van der Waals surface area contributed by atoms with Crippen molar-refractivity contribution in [2.24, 2.45) is 0 Å². The molecule has 0 bridgehead atoms. The van der Waals surface area contributed by atoms with Crippen molar-refractivity contribution in [1.82, 2.24) is 0 Å². The molecule has 1 aliphatic rings. The number of methoxy groups -OCH3 is 1. The van der Waals surface area contributed by atoms with Crippen molar-refractivity contribution in [3.63, 3.8) is 0 Å². The zero-order chi connectivity index (χ0) is 12.1. The van der Waals surface area contributed by atoms with Crippen LogP contribution in [-0.2, 0) is 16.0 Å². The lowest BCUT2D eigenvalue weighted by molar-refractivity contribution is -0.135. The second-order valence-corrected chi connectivity index (χ2v) is 4.00. The third kappa shape index (κ3) is 3.09. The first kappa shape index (κ1) is 11.7. The highest BCUT2D eigenvalue weighted by atomic mass is 16.5. The summed E-state index contributed by atoms with van der Waals surface area (Å²) >= 11 is 0. The number of cyclic esters (lactones) is 1. The van der Waals surface area contributed by atoms with E-state index in [9.17, 15) is 4.79 Å². The molecule has 0 aromatic heterocycles. The molecule has 1 aromatic carbocycles. The average Bonchev–Trinajstić information content (AvgIpc) is 2.76. The summed E-state index contributed by atoms with van der Waals surface area (Å²) in [6.45, 7) is 0.535. The maximum absolute atomic E-state index is 11.2. The molecular formula is C14H16O3. The maximum atomic E-state index is 11.2. The minimum Gasteiger partial charge on any atom is -0.497 e. The molecule has 1 heterocycles. The number of aryl methyl sites for hydroxylation is 1. The molecule has 1 saturated heterocycles. The van der Waals surface area contributed by atoms with E-state index < -0.39 is 0 Å². The molecule has 90 valence electrons. The Hall–Kier alpha value is -1.77. The van der Waals surface area contributed by atoms with Crippen LogP contribution in [-0.4, -0.2) is 19.7 Å². The number of hydrogen-bond donors (Lipinski definition) is 0. The van der Waals surface area contributed by atoms with Gasteiger partial charge in [0.2, 0.25) is 0 Å². The molecule has 1 fully saturated rings. The van der Waals surface area contributed by atoms with Gasteiger partial charge in [-0.1, -0.05) is 18.2 Å². The number of esters is 1. The second kappa shape index (κ2) is 5.53. The van der Waals surface area contributed by atoms with Crippen LogP contribution >= 0.6 is 0 Å². The zero-order valence-electron chi connectivity index (χ0n) is 9.94. The van der Waals surface area contributed by atoms with Crippen molar-refractivity contribution < 1.29 is 14.3 Å². The average molecular weight is 232 g/mol. The van der Waals surface area contributed by atoms with Gasteiger partial charge in [0, 0.05) is 12.0 Å². The summed E-state index contributed by atoms with van der Waals surface area (Å²) in [6.07, 6.45) is 4.54. The standard InChI is InChI=1S/C14H16O3/c1-16-13-7-5-11(6-8-13)3-2-4-12-9-10-17-14(12)15/h4-8H,2-3,9-10H2,1H3/b12-4-. The Kier molecular flexibility index (Phi) is 3.81. The summed E-state index contributed by atoms with van der Waals surface area (Å²) in [4.78, 5) is 11.2. The summed E-state index contributed by atoms with van der Waals surface area (Å²) in [5.41, 5.74) is 2.06. The van der Waals surface area contributed by atoms with Crippen molar-refractivity contribution >= 4 is 5.97 Å². The molecule has 0 radical (unpaired) electrons. The van der Waals surface area contributed by atoms with Crippen LogP contribution in [0.3, 0.4) is 0 Å². The van der Waals surface area contributed by atoms with E-state index in [-0.39, 0.29) is 5.97 Å². The van der Waals surface area contributed by atoms with Gasteiger partial charge in [0.05, 0.1) is 13.7 Å². The molecule has 1 aromatic rings. The first-order valence-corrected chi connectivity index (χ1v) is 5.78. The summed E-state index contributed by atoms with van der Waals surface area (Å²) in [5.74, 6) is 0.714. The Morgan fingerprint density at radius 1 is 1.35 bits per heavy atom. The Bertz CT molecular complexity index is 418. The lowest BCUT2D eigenvalue weighted by Crippen LogP contribution is -1.95. The number of allylic oxidation sites excluding steroid dienone is 1. The molecule has 0 spiro atoms. The highest BCUT2D eigenvalue weighted by Gasteiger charge is 2.17. The van der Waals surface area contributed by atoms with Crippen molar-refractivity contribution in [2.75, 3.05) is 13.7 Å². The lowest BCUT2D eigenvalue weighted by atomic mass is 10.1. The van der Waals surface area contributed by atoms with Gasteiger partial charge >= 0.3 is 5.97 Å². The summed E-state index contributed by atoms with van der Waals surface area (Å²) in [7, 11) is 1.66. The smallest absolute Gasteiger partial charge is 0.333 e. The van der Waals surface area contributed by atoms with Gasteiger partial charge < -0.3 is 9.47 Å². The van der Waals surface area contributed by atoms with Gasteiger partial charge in [-0.2, -0.15) is 0 Å². The molecule has 3 nitrogen and oxygen atoms in total. The molecule has 0 N–H and O–H groups in total. The molecule has 2 rings (SSSR count). The SMILES string of the molecule is COc1ccc(CC/C=C2/CCOC2=O)cc1. The van der Waals surface area contributed by atoms with Gasteiger partial charge in [-0.3, -0.25) is 0 Å². The van der Waals surface area contributed by atoms with Crippen LogP contribution in [0.15, 0.2) is 35.9 Å². The van der Waals surface area contributed by atoms with Crippen LogP contribution in [0.25, 0.3) is 0 Å². The lowest BCUT2D eigenvalue weighted by Gasteiger charge is -2.01. The monoisotopic (exact) mass is 232 g/mol. The van der Waals surface area contributed by atoms with Gasteiger partial charge in [0.15, 0.2) is 0 Å². The minimum absolute atomic E-state index is 0.153. The first-order chi connectivity index (χ1) is 8.29. The van der Waals surface area contributed by atoms with Gasteiger partial charge in [0.1, 0.15) is 5.75 Å². The van der Waals surface area contributed by atoms with Crippen molar-refractivity contribution in [3.8, 4) is 5.75 Å². The third-order valence-corrected chi connectivity index (χ3v) is 2.85. The Morgan fingerprint density at radius 3 is 2.71 bits per heavy atom. The van der Waals surface area contributed by atoms with Crippen molar-refractivity contribution in [1.29, 1.82) is 0 Å². The first-order valence-electron chi connectivity index (χ1n) is 5.78. The highest BCUT2D eigenvalue weighted by Crippen LogP contribution is 2.16. The predicted molar refractivity (Wildman–Crippen MR) is 65.0 cm³/mol. The van der Waals surface area contributed by atoms with Crippen molar-refractivity contribution in [3.05, 3.63) is 41.5 Å². The highest BCUT2D eigenvalue weighted by molar-refractivity contribution is 5.90. The normalized spacial score (nSPS) is 17.2. The fourth-order valence-electron chi connectivity index (χ4n) is 1.84. The number of carbonyl (C=O) groups excluding carboxylic acids is 1. The van der Waals surface area contributed by atoms with Crippen LogP contribution in [0.5, 0.6) is 5.75 Å². The topological polar surface area (TPSA) is 35.5 Å². The number of rotatable bonds is 4. The predicted octanol–water partition coefficient (Wildman–Crippen LogP) is 2.50. The van der Waals surface area contributed by atoms with Crippen LogP contribution in [0.1, 0.15) is 18.4 Å². The summed E-state index contributed by atoms with van der Waals surface area (Å²) in [6, 6.07) is 7.99. The second-order valence-electron chi connectivity index (χ2n) is 4.00.